The first-order valence-corrected chi connectivity index (χ1v) is 8.89. The van der Waals surface area contributed by atoms with E-state index < -0.39 is 5.91 Å². The molecule has 0 aromatic heterocycles. The molecule has 1 atom stereocenters. The van der Waals surface area contributed by atoms with E-state index >= 15 is 0 Å². The fourth-order valence-corrected chi connectivity index (χ4v) is 3.11. The maximum absolute atomic E-state index is 12.4. The zero-order valence-corrected chi connectivity index (χ0v) is 14.8. The number of benzene rings is 2. The number of rotatable bonds is 6. The number of nitriles is 1. The summed E-state index contributed by atoms with van der Waals surface area (Å²) in [4.78, 5) is 12.4. The minimum absolute atomic E-state index is 0.0374. The molecule has 5 heteroatoms. The summed E-state index contributed by atoms with van der Waals surface area (Å²) in [5, 5.41) is 14.3. The molecule has 1 heterocycles. The molecule has 0 saturated carbocycles. The Morgan fingerprint density at radius 1 is 1.38 bits per heavy atom. The van der Waals surface area contributed by atoms with Crippen LogP contribution in [-0.2, 0) is 9.53 Å². The van der Waals surface area contributed by atoms with Gasteiger partial charge in [0.2, 0.25) is 0 Å². The second-order valence-electron chi connectivity index (χ2n) is 6.15. The van der Waals surface area contributed by atoms with Gasteiger partial charge in [0.05, 0.1) is 12.7 Å². The van der Waals surface area contributed by atoms with E-state index in [2.05, 4.69) is 5.32 Å². The molecular weight excluding hydrogens is 328 g/mol. The minimum Gasteiger partial charge on any atom is -0.493 e. The number of fused-ring (bicyclic) bond motifs is 1. The molecule has 0 spiro atoms. The van der Waals surface area contributed by atoms with Crippen LogP contribution in [0.15, 0.2) is 42.0 Å². The number of hydrogen-bond acceptors (Lipinski definition) is 4. The van der Waals surface area contributed by atoms with E-state index in [1.54, 1.807) is 6.08 Å². The molecule has 1 N–H and O–H groups in total. The highest BCUT2D eigenvalue weighted by Crippen LogP contribution is 2.30. The van der Waals surface area contributed by atoms with Gasteiger partial charge in [0.25, 0.3) is 5.91 Å². The van der Waals surface area contributed by atoms with Gasteiger partial charge < -0.3 is 14.8 Å². The SMILES string of the molecule is CCOc1ccc2ccccc2c1/C=C(\C#N)C(=O)NC[C@H]1CCCO1. The number of ether oxygens (including phenoxy) is 2. The van der Waals surface area contributed by atoms with Crippen molar-refractivity contribution in [2.24, 2.45) is 0 Å². The van der Waals surface area contributed by atoms with Crippen LogP contribution in [0.4, 0.5) is 0 Å². The third-order valence-corrected chi connectivity index (χ3v) is 4.40. The van der Waals surface area contributed by atoms with Crippen molar-refractivity contribution < 1.29 is 14.3 Å². The molecule has 0 radical (unpaired) electrons. The van der Waals surface area contributed by atoms with Gasteiger partial charge in [-0.3, -0.25) is 4.79 Å². The molecule has 3 rings (SSSR count). The Labute approximate surface area is 153 Å². The van der Waals surface area contributed by atoms with Crippen molar-refractivity contribution in [3.8, 4) is 11.8 Å². The maximum Gasteiger partial charge on any atom is 0.262 e. The van der Waals surface area contributed by atoms with Crippen molar-refractivity contribution in [1.29, 1.82) is 5.26 Å². The topological polar surface area (TPSA) is 71.3 Å². The Hall–Kier alpha value is -2.84. The number of nitrogens with zero attached hydrogens (tertiary/aromatic N) is 1. The Balaban J connectivity index is 1.91. The van der Waals surface area contributed by atoms with E-state index in [0.717, 1.165) is 35.8 Å². The van der Waals surface area contributed by atoms with Crippen LogP contribution in [-0.4, -0.2) is 31.8 Å². The van der Waals surface area contributed by atoms with Crippen molar-refractivity contribution in [2.75, 3.05) is 19.8 Å². The van der Waals surface area contributed by atoms with Crippen LogP contribution in [0.1, 0.15) is 25.3 Å². The monoisotopic (exact) mass is 350 g/mol. The zero-order valence-electron chi connectivity index (χ0n) is 14.8. The van der Waals surface area contributed by atoms with E-state index in [1.165, 1.54) is 0 Å². The number of nitrogens with one attached hydrogen (secondary N) is 1. The first kappa shape index (κ1) is 18.0. The lowest BCUT2D eigenvalue weighted by Gasteiger charge is -2.12. The first-order valence-electron chi connectivity index (χ1n) is 8.89. The number of amides is 1. The van der Waals surface area contributed by atoms with Crippen molar-refractivity contribution in [3.63, 3.8) is 0 Å². The zero-order chi connectivity index (χ0) is 18.4. The molecule has 0 bridgehead atoms. The molecule has 1 saturated heterocycles. The van der Waals surface area contributed by atoms with Gasteiger partial charge in [0.15, 0.2) is 0 Å². The third-order valence-electron chi connectivity index (χ3n) is 4.40. The quantitative estimate of drug-likeness (QED) is 0.640. The predicted molar refractivity (Wildman–Crippen MR) is 101 cm³/mol. The normalized spacial score (nSPS) is 17.1. The molecule has 1 aliphatic rings. The molecule has 134 valence electrons. The summed E-state index contributed by atoms with van der Waals surface area (Å²) in [6.45, 7) is 3.56. The van der Waals surface area contributed by atoms with E-state index in [0.29, 0.717) is 18.9 Å². The Morgan fingerprint density at radius 2 is 2.23 bits per heavy atom. The highest BCUT2D eigenvalue weighted by molar-refractivity contribution is 6.05. The molecule has 5 nitrogen and oxygen atoms in total. The van der Waals surface area contributed by atoms with E-state index in [4.69, 9.17) is 9.47 Å². The lowest BCUT2D eigenvalue weighted by molar-refractivity contribution is -0.117. The predicted octanol–water partition coefficient (Wildman–Crippen LogP) is 3.44. The van der Waals surface area contributed by atoms with E-state index in [9.17, 15) is 10.1 Å². The van der Waals surface area contributed by atoms with Gasteiger partial charge in [-0.05, 0) is 42.7 Å². The van der Waals surface area contributed by atoms with Crippen molar-refractivity contribution in [3.05, 3.63) is 47.5 Å². The van der Waals surface area contributed by atoms with E-state index in [1.807, 2.05) is 49.4 Å². The van der Waals surface area contributed by atoms with Crippen molar-refractivity contribution in [2.45, 2.75) is 25.9 Å². The van der Waals surface area contributed by atoms with Crippen LogP contribution >= 0.6 is 0 Å². The molecule has 1 fully saturated rings. The molecule has 26 heavy (non-hydrogen) atoms. The number of carbonyl (C=O) groups is 1. The summed E-state index contributed by atoms with van der Waals surface area (Å²) in [6.07, 6.45) is 3.59. The smallest absolute Gasteiger partial charge is 0.262 e. The van der Waals surface area contributed by atoms with Gasteiger partial charge in [-0.15, -0.1) is 0 Å². The molecule has 0 aliphatic carbocycles. The standard InChI is InChI=1S/C21H22N2O3/c1-2-25-20-10-9-15-6-3-4-8-18(15)19(20)12-16(13-22)21(24)23-14-17-7-5-11-26-17/h3-4,6,8-10,12,17H,2,5,7,11,14H2,1H3,(H,23,24)/b16-12+/t17-/m1/s1. The van der Waals surface area contributed by atoms with Crippen LogP contribution < -0.4 is 10.1 Å². The fraction of sp³-hybridized carbons (Fsp3) is 0.333. The summed E-state index contributed by atoms with van der Waals surface area (Å²) in [7, 11) is 0. The summed E-state index contributed by atoms with van der Waals surface area (Å²) in [5.41, 5.74) is 0.800. The largest absolute Gasteiger partial charge is 0.493 e. The average Bonchev–Trinajstić information content (AvgIpc) is 3.19. The molecular formula is C21H22N2O3. The lowest BCUT2D eigenvalue weighted by atomic mass is 10.0. The number of carbonyl (C=O) groups excluding carboxylic acids is 1. The second kappa shape index (κ2) is 8.50. The molecule has 2 aromatic rings. The van der Waals surface area contributed by atoms with Crippen LogP contribution in [0.25, 0.3) is 16.8 Å². The average molecular weight is 350 g/mol. The van der Waals surface area contributed by atoms with Gasteiger partial charge in [-0.1, -0.05) is 30.3 Å². The Bertz CT molecular complexity index is 861. The number of hydrogen-bond donors (Lipinski definition) is 1. The van der Waals surface area contributed by atoms with Gasteiger partial charge in [-0.2, -0.15) is 5.26 Å². The molecule has 1 amide bonds. The minimum atomic E-state index is -0.390. The van der Waals surface area contributed by atoms with E-state index in [-0.39, 0.29) is 11.7 Å². The molecule has 0 unspecified atom stereocenters. The van der Waals surface area contributed by atoms with Crippen LogP contribution in [0.2, 0.25) is 0 Å². The third kappa shape index (κ3) is 4.04. The first-order chi connectivity index (χ1) is 12.7. The summed E-state index contributed by atoms with van der Waals surface area (Å²) in [5.74, 6) is 0.268. The van der Waals surface area contributed by atoms with Gasteiger partial charge in [0.1, 0.15) is 17.4 Å². The van der Waals surface area contributed by atoms with Crippen molar-refractivity contribution in [1.82, 2.24) is 5.32 Å². The van der Waals surface area contributed by atoms with Gasteiger partial charge in [-0.25, -0.2) is 0 Å². The summed E-state index contributed by atoms with van der Waals surface area (Å²) < 4.78 is 11.2. The maximum atomic E-state index is 12.4. The Morgan fingerprint density at radius 3 is 2.96 bits per heavy atom. The van der Waals surface area contributed by atoms with Gasteiger partial charge in [0, 0.05) is 18.7 Å². The van der Waals surface area contributed by atoms with Gasteiger partial charge >= 0.3 is 0 Å². The second-order valence-corrected chi connectivity index (χ2v) is 6.15. The highest BCUT2D eigenvalue weighted by atomic mass is 16.5. The molecule has 1 aliphatic heterocycles. The summed E-state index contributed by atoms with van der Waals surface area (Å²) in [6, 6.07) is 13.7. The Kier molecular flexibility index (Phi) is 5.88. The van der Waals surface area contributed by atoms with Crippen molar-refractivity contribution >= 4 is 22.8 Å². The molecule has 2 aromatic carbocycles. The van der Waals surface area contributed by atoms with Crippen LogP contribution in [0.3, 0.4) is 0 Å². The van der Waals surface area contributed by atoms with Crippen LogP contribution in [0, 0.1) is 11.3 Å². The summed E-state index contributed by atoms with van der Waals surface area (Å²) >= 11 is 0. The highest BCUT2D eigenvalue weighted by Gasteiger charge is 2.18. The van der Waals surface area contributed by atoms with Crippen LogP contribution in [0.5, 0.6) is 5.75 Å². The fourth-order valence-electron chi connectivity index (χ4n) is 3.11. The lowest BCUT2D eigenvalue weighted by Crippen LogP contribution is -2.32.